The van der Waals surface area contributed by atoms with Gasteiger partial charge >= 0.3 is 0 Å². The molecule has 5 rings (SSSR count). The number of aryl methyl sites for hydroxylation is 2. The smallest absolute Gasteiger partial charge is 0.225 e. The number of fused-ring (bicyclic) bond motifs is 1. The van der Waals surface area contributed by atoms with E-state index in [4.69, 9.17) is 9.40 Å². The first-order valence-corrected chi connectivity index (χ1v) is 10.9. The zero-order valence-electron chi connectivity index (χ0n) is 16.9. The minimum Gasteiger partial charge on any atom is -0.454 e. The van der Waals surface area contributed by atoms with Gasteiger partial charge in [0.25, 0.3) is 0 Å². The summed E-state index contributed by atoms with van der Waals surface area (Å²) in [5.74, 6) is 1.26. The quantitative estimate of drug-likeness (QED) is 0.381. The number of thiazole rings is 1. The van der Waals surface area contributed by atoms with Gasteiger partial charge in [-0.05, 0) is 31.0 Å². The van der Waals surface area contributed by atoms with Gasteiger partial charge in [-0.1, -0.05) is 48.5 Å². The van der Waals surface area contributed by atoms with Crippen molar-refractivity contribution >= 4 is 34.0 Å². The Labute approximate surface area is 183 Å². The van der Waals surface area contributed by atoms with Gasteiger partial charge in [-0.3, -0.25) is 4.79 Å². The van der Waals surface area contributed by atoms with E-state index in [0.717, 1.165) is 27.9 Å². The number of nitrogens with zero attached hydrogens (tertiary/aromatic N) is 3. The summed E-state index contributed by atoms with van der Waals surface area (Å²) in [4.78, 5) is 17.2. The zero-order chi connectivity index (χ0) is 21.2. The molecule has 0 saturated carbocycles. The van der Waals surface area contributed by atoms with E-state index >= 15 is 0 Å². The summed E-state index contributed by atoms with van der Waals surface area (Å²) in [6.45, 7) is 1.89. The van der Waals surface area contributed by atoms with Gasteiger partial charge in [-0.25, -0.2) is 4.98 Å². The van der Waals surface area contributed by atoms with Crippen molar-refractivity contribution in [3.05, 3.63) is 83.4 Å². The van der Waals surface area contributed by atoms with E-state index in [-0.39, 0.29) is 5.91 Å². The maximum absolute atomic E-state index is 12.5. The van der Waals surface area contributed by atoms with Gasteiger partial charge in [0.1, 0.15) is 17.1 Å². The SMILES string of the molecule is Cc1cc(NC(=O)CCc2ccccc2)n(-c2nc(-c3cc4ccccc4o3)cs2)n1. The Morgan fingerprint density at radius 1 is 1.10 bits per heavy atom. The molecular weight excluding hydrogens is 408 g/mol. The molecule has 0 atom stereocenters. The maximum Gasteiger partial charge on any atom is 0.225 e. The molecule has 0 saturated heterocycles. The van der Waals surface area contributed by atoms with Crippen LogP contribution in [0.3, 0.4) is 0 Å². The van der Waals surface area contributed by atoms with Crippen LogP contribution in [0.5, 0.6) is 0 Å². The van der Waals surface area contributed by atoms with Crippen molar-refractivity contribution in [1.29, 1.82) is 0 Å². The lowest BCUT2D eigenvalue weighted by Gasteiger charge is -2.06. The predicted octanol–water partition coefficient (Wildman–Crippen LogP) is 5.62. The van der Waals surface area contributed by atoms with Crippen molar-refractivity contribution in [1.82, 2.24) is 14.8 Å². The number of aromatic nitrogens is 3. The van der Waals surface area contributed by atoms with Crippen molar-refractivity contribution in [2.24, 2.45) is 0 Å². The third kappa shape index (κ3) is 4.13. The number of para-hydroxylation sites is 1. The van der Waals surface area contributed by atoms with E-state index in [1.165, 1.54) is 11.3 Å². The molecule has 154 valence electrons. The van der Waals surface area contributed by atoms with Gasteiger partial charge in [0.05, 0.1) is 5.69 Å². The topological polar surface area (TPSA) is 73.0 Å². The molecule has 0 unspecified atom stereocenters. The summed E-state index contributed by atoms with van der Waals surface area (Å²) in [7, 11) is 0. The molecule has 0 aliphatic rings. The minimum absolute atomic E-state index is 0.0564. The molecule has 3 heterocycles. The Bertz CT molecular complexity index is 1320. The summed E-state index contributed by atoms with van der Waals surface area (Å²) in [6.07, 6.45) is 1.09. The van der Waals surface area contributed by atoms with E-state index in [1.807, 2.05) is 79.0 Å². The highest BCUT2D eigenvalue weighted by Crippen LogP contribution is 2.30. The number of hydrogen-bond donors (Lipinski definition) is 1. The molecule has 0 aliphatic carbocycles. The van der Waals surface area contributed by atoms with Gasteiger partial charge in [-0.15, -0.1) is 11.3 Å². The van der Waals surface area contributed by atoms with Crippen LogP contribution in [0.4, 0.5) is 5.82 Å². The van der Waals surface area contributed by atoms with Crippen LogP contribution in [0.15, 0.2) is 76.5 Å². The highest BCUT2D eigenvalue weighted by Gasteiger charge is 2.16. The molecule has 1 amide bonds. The number of furan rings is 1. The number of carbonyl (C=O) groups is 1. The largest absolute Gasteiger partial charge is 0.454 e. The molecule has 31 heavy (non-hydrogen) atoms. The Morgan fingerprint density at radius 3 is 2.74 bits per heavy atom. The Kier molecular flexibility index (Phi) is 5.09. The van der Waals surface area contributed by atoms with Crippen molar-refractivity contribution in [3.63, 3.8) is 0 Å². The molecule has 1 N–H and O–H groups in total. The number of rotatable bonds is 6. The summed E-state index contributed by atoms with van der Waals surface area (Å²) in [5, 5.41) is 11.1. The first kappa shape index (κ1) is 19.3. The van der Waals surface area contributed by atoms with Crippen LogP contribution in [0.25, 0.3) is 27.6 Å². The molecule has 0 bridgehead atoms. The summed E-state index contributed by atoms with van der Waals surface area (Å²) < 4.78 is 7.60. The number of hydrogen-bond acceptors (Lipinski definition) is 5. The highest BCUT2D eigenvalue weighted by atomic mass is 32.1. The fraction of sp³-hybridized carbons (Fsp3) is 0.125. The van der Waals surface area contributed by atoms with Crippen LogP contribution >= 0.6 is 11.3 Å². The zero-order valence-corrected chi connectivity index (χ0v) is 17.7. The lowest BCUT2D eigenvalue weighted by molar-refractivity contribution is -0.116. The third-order valence-electron chi connectivity index (χ3n) is 4.93. The van der Waals surface area contributed by atoms with Crippen LogP contribution in [0.2, 0.25) is 0 Å². The lowest BCUT2D eigenvalue weighted by Crippen LogP contribution is -2.15. The number of nitrogens with one attached hydrogen (secondary N) is 1. The Hall–Kier alpha value is -3.71. The van der Waals surface area contributed by atoms with Crippen molar-refractivity contribution in [3.8, 4) is 16.6 Å². The average Bonchev–Trinajstić information content (AvgIpc) is 3.50. The molecule has 0 fully saturated rings. The number of amides is 1. The number of benzene rings is 2. The van der Waals surface area contributed by atoms with Gasteiger partial charge in [0, 0.05) is 23.3 Å². The third-order valence-corrected chi connectivity index (χ3v) is 5.75. The molecule has 5 aromatic rings. The second kappa shape index (κ2) is 8.20. The monoisotopic (exact) mass is 428 g/mol. The normalized spacial score (nSPS) is 11.1. The summed E-state index contributed by atoms with van der Waals surface area (Å²) in [5.41, 5.74) is 3.51. The maximum atomic E-state index is 12.5. The van der Waals surface area contributed by atoms with E-state index < -0.39 is 0 Å². The van der Waals surface area contributed by atoms with Crippen LogP contribution in [-0.2, 0) is 11.2 Å². The predicted molar refractivity (Wildman–Crippen MR) is 123 cm³/mol. The molecule has 6 nitrogen and oxygen atoms in total. The van der Waals surface area contributed by atoms with Gasteiger partial charge in [0.2, 0.25) is 11.0 Å². The summed E-state index contributed by atoms with van der Waals surface area (Å²) in [6, 6.07) is 21.7. The molecule has 2 aromatic carbocycles. The van der Waals surface area contributed by atoms with Gasteiger partial charge in [-0.2, -0.15) is 9.78 Å². The van der Waals surface area contributed by atoms with Crippen molar-refractivity contribution in [2.45, 2.75) is 19.8 Å². The fourth-order valence-corrected chi connectivity index (χ4v) is 4.20. The molecule has 3 aromatic heterocycles. The number of anilines is 1. The van der Waals surface area contributed by atoms with Crippen LogP contribution in [-0.4, -0.2) is 20.7 Å². The minimum atomic E-state index is -0.0564. The van der Waals surface area contributed by atoms with Crippen LogP contribution in [0, 0.1) is 6.92 Å². The molecule has 0 radical (unpaired) electrons. The Balaban J connectivity index is 1.35. The van der Waals surface area contributed by atoms with Crippen LogP contribution in [0.1, 0.15) is 17.7 Å². The first-order valence-electron chi connectivity index (χ1n) is 10.0. The highest BCUT2D eigenvalue weighted by molar-refractivity contribution is 7.12. The average molecular weight is 429 g/mol. The fourth-order valence-electron chi connectivity index (χ4n) is 3.43. The van der Waals surface area contributed by atoms with Gasteiger partial charge < -0.3 is 9.73 Å². The van der Waals surface area contributed by atoms with Gasteiger partial charge in [0.15, 0.2) is 5.76 Å². The second-order valence-corrected chi connectivity index (χ2v) is 8.12. The first-order chi connectivity index (χ1) is 15.2. The van der Waals surface area contributed by atoms with E-state index in [9.17, 15) is 4.79 Å². The van der Waals surface area contributed by atoms with E-state index in [0.29, 0.717) is 29.6 Å². The summed E-state index contributed by atoms with van der Waals surface area (Å²) >= 11 is 1.45. The molecule has 0 spiro atoms. The number of carbonyl (C=O) groups excluding carboxylic acids is 1. The van der Waals surface area contributed by atoms with Crippen LogP contribution < -0.4 is 5.32 Å². The molecule has 7 heteroatoms. The standard InChI is InChI=1S/C24H20N4O2S/c1-16-13-22(26-23(29)12-11-17-7-3-2-4-8-17)28(27-16)24-25-19(15-31-24)21-14-18-9-5-6-10-20(18)30-21/h2-10,13-15H,11-12H2,1H3,(H,26,29). The van der Waals surface area contributed by atoms with Crippen molar-refractivity contribution in [2.75, 3.05) is 5.32 Å². The van der Waals surface area contributed by atoms with E-state index in [2.05, 4.69) is 10.4 Å². The van der Waals surface area contributed by atoms with Crippen molar-refractivity contribution < 1.29 is 9.21 Å². The lowest BCUT2D eigenvalue weighted by atomic mass is 10.1. The Morgan fingerprint density at radius 2 is 1.90 bits per heavy atom. The molecular formula is C24H20N4O2S. The molecule has 0 aliphatic heterocycles. The second-order valence-electron chi connectivity index (χ2n) is 7.28. The van der Waals surface area contributed by atoms with E-state index in [1.54, 1.807) is 4.68 Å².